The minimum absolute atomic E-state index is 0.0254. The number of amides is 1. The van der Waals surface area contributed by atoms with E-state index in [0.717, 1.165) is 0 Å². The van der Waals surface area contributed by atoms with Gasteiger partial charge in [-0.25, -0.2) is 4.68 Å². The van der Waals surface area contributed by atoms with Gasteiger partial charge in [0.05, 0.1) is 6.20 Å². The van der Waals surface area contributed by atoms with Gasteiger partial charge in [0.25, 0.3) is 0 Å². The third-order valence-corrected chi connectivity index (χ3v) is 2.69. The lowest BCUT2D eigenvalue weighted by Crippen LogP contribution is -2.12. The molecule has 7 heteroatoms. The van der Waals surface area contributed by atoms with E-state index in [1.807, 2.05) is 0 Å². The summed E-state index contributed by atoms with van der Waals surface area (Å²) in [6.45, 7) is 1.95. The molecule has 0 aliphatic heterocycles. The fourth-order valence-electron chi connectivity index (χ4n) is 1.79. The summed E-state index contributed by atoms with van der Waals surface area (Å²) in [7, 11) is 0. The van der Waals surface area contributed by atoms with Crippen molar-refractivity contribution in [3.63, 3.8) is 0 Å². The maximum atomic E-state index is 11.5. The van der Waals surface area contributed by atoms with Crippen molar-refractivity contribution in [3.05, 3.63) is 12.3 Å². The first-order valence-electron chi connectivity index (χ1n) is 6.52. The molecule has 0 unspecified atom stereocenters. The molecule has 0 aromatic carbocycles. The number of nitrogens with zero attached hydrogens (tertiary/aromatic N) is 2. The van der Waals surface area contributed by atoms with Gasteiger partial charge in [0.15, 0.2) is 0 Å². The first kappa shape index (κ1) is 15.9. The van der Waals surface area contributed by atoms with E-state index in [4.69, 9.17) is 5.11 Å². The standard InChI is InChI=1S/C13H19N3O4/c1-10(17)15-12-7-8-14-16(12)9-3-5-11(18)4-2-6-13(19)20/h7-8H,2-6,9H2,1H3,(H,15,17)(H,19,20). The van der Waals surface area contributed by atoms with Crippen LogP contribution in [-0.2, 0) is 20.9 Å². The maximum Gasteiger partial charge on any atom is 0.303 e. The van der Waals surface area contributed by atoms with E-state index >= 15 is 0 Å². The Morgan fingerprint density at radius 3 is 2.60 bits per heavy atom. The molecule has 2 N–H and O–H groups in total. The minimum atomic E-state index is -0.880. The van der Waals surface area contributed by atoms with Gasteiger partial charge in [0, 0.05) is 38.8 Å². The van der Waals surface area contributed by atoms with Crippen LogP contribution in [-0.4, -0.2) is 32.5 Å². The Bertz CT molecular complexity index is 482. The number of aromatic nitrogens is 2. The topological polar surface area (TPSA) is 101 Å². The maximum absolute atomic E-state index is 11.5. The van der Waals surface area contributed by atoms with Crippen LogP contribution in [0, 0.1) is 0 Å². The lowest BCUT2D eigenvalue weighted by atomic mass is 10.1. The summed E-state index contributed by atoms with van der Waals surface area (Å²) in [6.07, 6.45) is 3.29. The van der Waals surface area contributed by atoms with E-state index in [1.165, 1.54) is 6.92 Å². The number of hydrogen-bond acceptors (Lipinski definition) is 4. The molecule has 0 saturated heterocycles. The molecule has 0 atom stereocenters. The zero-order valence-corrected chi connectivity index (χ0v) is 11.5. The first-order valence-corrected chi connectivity index (χ1v) is 6.52. The van der Waals surface area contributed by atoms with Crippen molar-refractivity contribution in [2.75, 3.05) is 5.32 Å². The van der Waals surface area contributed by atoms with Crippen molar-refractivity contribution in [2.24, 2.45) is 0 Å². The summed E-state index contributed by atoms with van der Waals surface area (Å²) in [5, 5.41) is 15.2. The Morgan fingerprint density at radius 2 is 1.95 bits per heavy atom. The van der Waals surface area contributed by atoms with Crippen molar-refractivity contribution >= 4 is 23.5 Å². The average Bonchev–Trinajstić information content (AvgIpc) is 2.75. The molecule has 1 rings (SSSR count). The predicted molar refractivity (Wildman–Crippen MR) is 72.3 cm³/mol. The predicted octanol–water partition coefficient (Wildman–Crippen LogP) is 1.45. The second kappa shape index (κ2) is 8.08. The number of anilines is 1. The number of carbonyl (C=O) groups is 3. The number of carboxylic acids is 1. The lowest BCUT2D eigenvalue weighted by molar-refractivity contribution is -0.137. The van der Waals surface area contributed by atoms with Crippen LogP contribution in [0.4, 0.5) is 5.82 Å². The van der Waals surface area contributed by atoms with Gasteiger partial charge in [0.2, 0.25) is 5.91 Å². The number of rotatable bonds is 9. The monoisotopic (exact) mass is 281 g/mol. The van der Waals surface area contributed by atoms with E-state index in [1.54, 1.807) is 16.9 Å². The van der Waals surface area contributed by atoms with Crippen LogP contribution in [0.1, 0.15) is 39.0 Å². The number of carbonyl (C=O) groups excluding carboxylic acids is 2. The van der Waals surface area contributed by atoms with E-state index in [-0.39, 0.29) is 18.1 Å². The molecule has 0 spiro atoms. The van der Waals surface area contributed by atoms with E-state index in [0.29, 0.717) is 38.0 Å². The number of aryl methyl sites for hydroxylation is 1. The number of aliphatic carboxylic acids is 1. The van der Waals surface area contributed by atoms with Crippen LogP contribution in [0.15, 0.2) is 12.3 Å². The molecular weight excluding hydrogens is 262 g/mol. The third kappa shape index (κ3) is 6.12. The normalized spacial score (nSPS) is 10.2. The molecule has 1 aromatic heterocycles. The molecule has 0 aliphatic carbocycles. The van der Waals surface area contributed by atoms with Gasteiger partial charge in [-0.1, -0.05) is 0 Å². The molecule has 1 aromatic rings. The molecular formula is C13H19N3O4. The second-order valence-corrected chi connectivity index (χ2v) is 4.51. The highest BCUT2D eigenvalue weighted by molar-refractivity contribution is 5.87. The van der Waals surface area contributed by atoms with Crippen LogP contribution in [0.3, 0.4) is 0 Å². The average molecular weight is 281 g/mol. The molecule has 1 amide bonds. The molecule has 110 valence electrons. The van der Waals surface area contributed by atoms with Crippen LogP contribution in [0.5, 0.6) is 0 Å². The zero-order chi connectivity index (χ0) is 15.0. The Labute approximate surface area is 117 Å². The van der Waals surface area contributed by atoms with Gasteiger partial charge in [-0.3, -0.25) is 14.4 Å². The zero-order valence-electron chi connectivity index (χ0n) is 11.5. The van der Waals surface area contributed by atoms with Gasteiger partial charge in [-0.2, -0.15) is 5.10 Å². The van der Waals surface area contributed by atoms with Gasteiger partial charge in [-0.15, -0.1) is 0 Å². The van der Waals surface area contributed by atoms with Crippen LogP contribution < -0.4 is 5.32 Å². The van der Waals surface area contributed by atoms with Gasteiger partial charge >= 0.3 is 5.97 Å². The van der Waals surface area contributed by atoms with Crippen molar-refractivity contribution in [2.45, 2.75) is 45.6 Å². The summed E-state index contributed by atoms with van der Waals surface area (Å²) in [4.78, 5) is 32.8. The SMILES string of the molecule is CC(=O)Nc1ccnn1CCCC(=O)CCCC(=O)O. The number of nitrogens with one attached hydrogen (secondary N) is 1. The summed E-state index contributed by atoms with van der Waals surface area (Å²) in [5.74, 6) is -0.388. The molecule has 0 radical (unpaired) electrons. The van der Waals surface area contributed by atoms with E-state index in [2.05, 4.69) is 10.4 Å². The quantitative estimate of drug-likeness (QED) is 0.713. The number of carboxylic acid groups (broad SMARTS) is 1. The van der Waals surface area contributed by atoms with Gasteiger partial charge in [0.1, 0.15) is 11.6 Å². The van der Waals surface area contributed by atoms with E-state index < -0.39 is 5.97 Å². The van der Waals surface area contributed by atoms with Crippen LogP contribution in [0.2, 0.25) is 0 Å². The fourth-order valence-corrected chi connectivity index (χ4v) is 1.79. The largest absolute Gasteiger partial charge is 0.481 e. The Hall–Kier alpha value is -2.18. The van der Waals surface area contributed by atoms with E-state index in [9.17, 15) is 14.4 Å². The Balaban J connectivity index is 2.26. The molecule has 20 heavy (non-hydrogen) atoms. The highest BCUT2D eigenvalue weighted by Crippen LogP contribution is 2.09. The van der Waals surface area contributed by atoms with Crippen molar-refractivity contribution in [3.8, 4) is 0 Å². The third-order valence-electron chi connectivity index (χ3n) is 2.69. The number of hydrogen-bond donors (Lipinski definition) is 2. The number of Topliss-reactive ketones (excluding diaryl/α,β-unsaturated/α-hetero) is 1. The van der Waals surface area contributed by atoms with Crippen molar-refractivity contribution in [1.29, 1.82) is 0 Å². The first-order chi connectivity index (χ1) is 9.49. The van der Waals surface area contributed by atoms with Crippen molar-refractivity contribution < 1.29 is 19.5 Å². The highest BCUT2D eigenvalue weighted by atomic mass is 16.4. The molecule has 0 bridgehead atoms. The van der Waals surface area contributed by atoms with Crippen molar-refractivity contribution in [1.82, 2.24) is 9.78 Å². The van der Waals surface area contributed by atoms with Gasteiger partial charge < -0.3 is 10.4 Å². The van der Waals surface area contributed by atoms with Gasteiger partial charge in [-0.05, 0) is 12.8 Å². The molecule has 0 aliphatic rings. The fraction of sp³-hybridized carbons (Fsp3) is 0.538. The smallest absolute Gasteiger partial charge is 0.303 e. The van der Waals surface area contributed by atoms with Crippen LogP contribution >= 0.6 is 0 Å². The number of ketones is 1. The lowest BCUT2D eigenvalue weighted by Gasteiger charge is -2.07. The molecule has 0 saturated carbocycles. The Morgan fingerprint density at radius 1 is 1.25 bits per heavy atom. The van der Waals surface area contributed by atoms with Crippen LogP contribution in [0.25, 0.3) is 0 Å². The minimum Gasteiger partial charge on any atom is -0.481 e. The molecule has 0 fully saturated rings. The molecule has 7 nitrogen and oxygen atoms in total. The second-order valence-electron chi connectivity index (χ2n) is 4.51. The summed E-state index contributed by atoms with van der Waals surface area (Å²) >= 11 is 0. The highest BCUT2D eigenvalue weighted by Gasteiger charge is 2.07. The summed E-state index contributed by atoms with van der Waals surface area (Å²) < 4.78 is 1.63. The molecule has 1 heterocycles. The Kier molecular flexibility index (Phi) is 6.42. The summed E-state index contributed by atoms with van der Waals surface area (Å²) in [6, 6.07) is 1.69. The summed E-state index contributed by atoms with van der Waals surface area (Å²) in [5.41, 5.74) is 0.